The van der Waals surface area contributed by atoms with Gasteiger partial charge in [0.2, 0.25) is 7.37 Å². The molecule has 0 heterocycles. The second kappa shape index (κ2) is 9.70. The first-order chi connectivity index (χ1) is 11.8. The Morgan fingerprint density at radius 1 is 1.16 bits per heavy atom. The highest BCUT2D eigenvalue weighted by Crippen LogP contribution is 2.44. The van der Waals surface area contributed by atoms with Crippen molar-refractivity contribution in [2.24, 2.45) is 0 Å². The molecule has 1 unspecified atom stereocenters. The first-order valence-corrected chi connectivity index (χ1v) is 11.5. The predicted octanol–water partition coefficient (Wildman–Crippen LogP) is 4.52. The van der Waals surface area contributed by atoms with Crippen LogP contribution < -0.4 is 5.32 Å². The van der Waals surface area contributed by atoms with Gasteiger partial charge in [-0.05, 0) is 45.9 Å². The van der Waals surface area contributed by atoms with Crippen LogP contribution in [0.4, 0.5) is 0 Å². The van der Waals surface area contributed by atoms with Gasteiger partial charge in [-0.3, -0.25) is 4.57 Å². The molecule has 0 aliphatic heterocycles. The first-order valence-electron chi connectivity index (χ1n) is 7.64. The summed E-state index contributed by atoms with van der Waals surface area (Å²) in [5.41, 5.74) is 1.75. The minimum Gasteiger partial charge on any atom is -0.391 e. The van der Waals surface area contributed by atoms with Gasteiger partial charge in [0.25, 0.3) is 0 Å². The molecule has 3 N–H and O–H groups in total. The number of hydrogen-bond acceptors (Lipinski definition) is 3. The average molecular weight is 514 g/mol. The van der Waals surface area contributed by atoms with Crippen molar-refractivity contribution in [1.82, 2.24) is 5.32 Å². The van der Waals surface area contributed by atoms with E-state index in [1.165, 1.54) is 0 Å². The van der Waals surface area contributed by atoms with Gasteiger partial charge in [0.1, 0.15) is 0 Å². The number of aliphatic hydroxyl groups is 1. The Bertz CT molecular complexity index is 761. The van der Waals surface area contributed by atoms with Gasteiger partial charge >= 0.3 is 0 Å². The summed E-state index contributed by atoms with van der Waals surface area (Å²) in [7, 11) is -3.44. The van der Waals surface area contributed by atoms with Gasteiger partial charge in [-0.25, -0.2) is 0 Å². The Labute approximate surface area is 171 Å². The van der Waals surface area contributed by atoms with Gasteiger partial charge < -0.3 is 15.3 Å². The highest BCUT2D eigenvalue weighted by Gasteiger charge is 2.23. The number of aliphatic hydroxyl groups excluding tert-OH is 1. The molecule has 0 aliphatic carbocycles. The third kappa shape index (κ3) is 7.18. The summed E-state index contributed by atoms with van der Waals surface area (Å²) in [4.78, 5) is 10.1. The van der Waals surface area contributed by atoms with Crippen LogP contribution in [0.25, 0.3) is 0 Å². The molecule has 0 spiro atoms. The van der Waals surface area contributed by atoms with E-state index < -0.39 is 13.5 Å². The minimum atomic E-state index is -3.44. The van der Waals surface area contributed by atoms with E-state index in [2.05, 4.69) is 27.9 Å². The predicted molar refractivity (Wildman–Crippen MR) is 112 cm³/mol. The van der Waals surface area contributed by atoms with E-state index in [1.807, 2.05) is 18.2 Å². The summed E-state index contributed by atoms with van der Waals surface area (Å²) < 4.78 is 13.3. The highest BCUT2D eigenvalue weighted by molar-refractivity contribution is 14.1. The van der Waals surface area contributed by atoms with E-state index in [9.17, 15) is 14.6 Å². The van der Waals surface area contributed by atoms with Crippen LogP contribution in [0, 0.1) is 3.57 Å². The molecule has 8 heteroatoms. The molecule has 0 saturated carbocycles. The van der Waals surface area contributed by atoms with E-state index in [-0.39, 0.29) is 18.9 Å². The van der Waals surface area contributed by atoms with Gasteiger partial charge in [0, 0.05) is 22.8 Å². The van der Waals surface area contributed by atoms with Crippen molar-refractivity contribution >= 4 is 53.2 Å². The smallest absolute Gasteiger partial charge is 0.207 e. The second-order valence-electron chi connectivity index (χ2n) is 5.82. The first kappa shape index (κ1) is 21.2. The topological polar surface area (TPSA) is 69.6 Å². The second-order valence-corrected chi connectivity index (χ2v) is 10.2. The molecule has 0 bridgehead atoms. The van der Waals surface area contributed by atoms with Gasteiger partial charge in [-0.2, -0.15) is 0 Å². The molecule has 0 fully saturated rings. The molecule has 2 rings (SSSR count). The quantitative estimate of drug-likeness (QED) is 0.276. The molecule has 0 aliphatic rings. The highest BCUT2D eigenvalue weighted by atomic mass is 127. The van der Waals surface area contributed by atoms with Crippen LogP contribution in [0.2, 0.25) is 10.0 Å². The molecule has 0 radical (unpaired) electrons. The summed E-state index contributed by atoms with van der Waals surface area (Å²) in [6, 6.07) is 12.7. The van der Waals surface area contributed by atoms with E-state index in [0.29, 0.717) is 16.6 Å². The summed E-state index contributed by atoms with van der Waals surface area (Å²) in [5.74, 6) is 0. The van der Waals surface area contributed by atoms with Crippen molar-refractivity contribution in [1.29, 1.82) is 0 Å². The van der Waals surface area contributed by atoms with Crippen LogP contribution in [0.5, 0.6) is 0 Å². The molecule has 0 saturated heterocycles. The fraction of sp³-hybridized carbons (Fsp3) is 0.294. The van der Waals surface area contributed by atoms with Crippen molar-refractivity contribution < 1.29 is 14.6 Å². The van der Waals surface area contributed by atoms with Crippen LogP contribution in [0.15, 0.2) is 42.5 Å². The third-order valence-electron chi connectivity index (χ3n) is 3.55. The lowest BCUT2D eigenvalue weighted by molar-refractivity contribution is 0.190. The zero-order valence-electron chi connectivity index (χ0n) is 13.3. The fourth-order valence-corrected chi connectivity index (χ4v) is 5.29. The van der Waals surface area contributed by atoms with Crippen molar-refractivity contribution in [3.05, 3.63) is 67.2 Å². The number of rotatable bonds is 8. The van der Waals surface area contributed by atoms with E-state index in [0.717, 1.165) is 14.7 Å². The summed E-state index contributed by atoms with van der Waals surface area (Å²) in [5, 5.41) is 14.1. The number of hydrogen-bond donors (Lipinski definition) is 3. The van der Waals surface area contributed by atoms with Crippen molar-refractivity contribution in [2.75, 3.05) is 12.7 Å². The van der Waals surface area contributed by atoms with Crippen molar-refractivity contribution in [3.63, 3.8) is 0 Å². The SMILES string of the molecule is O=P(O)(Cc1ccccc1)C[C@H](O)CNCc1cc(Cl)c(Cl)cc1I. The molecule has 136 valence electrons. The van der Waals surface area contributed by atoms with Crippen LogP contribution in [0.1, 0.15) is 11.1 Å². The maximum absolute atomic E-state index is 12.3. The van der Waals surface area contributed by atoms with Crippen molar-refractivity contribution in [2.45, 2.75) is 18.8 Å². The summed E-state index contributed by atoms with van der Waals surface area (Å²) >= 11 is 14.1. The van der Waals surface area contributed by atoms with E-state index in [1.54, 1.807) is 24.3 Å². The van der Waals surface area contributed by atoms with Gasteiger partial charge in [-0.15, -0.1) is 0 Å². The van der Waals surface area contributed by atoms with Gasteiger partial charge in [0.15, 0.2) is 0 Å². The maximum atomic E-state index is 12.3. The lowest BCUT2D eigenvalue weighted by atomic mass is 10.2. The molecule has 0 amide bonds. The lowest BCUT2D eigenvalue weighted by Crippen LogP contribution is -2.29. The molecule has 25 heavy (non-hydrogen) atoms. The Kier molecular flexibility index (Phi) is 8.21. The molecular formula is C17H19Cl2INO3P. The van der Waals surface area contributed by atoms with Crippen molar-refractivity contribution in [3.8, 4) is 0 Å². The Morgan fingerprint density at radius 2 is 1.80 bits per heavy atom. The van der Waals surface area contributed by atoms with Gasteiger partial charge in [-0.1, -0.05) is 53.5 Å². The van der Waals surface area contributed by atoms with E-state index in [4.69, 9.17) is 23.2 Å². The monoisotopic (exact) mass is 513 g/mol. The molecule has 2 atom stereocenters. The average Bonchev–Trinajstić information content (AvgIpc) is 2.52. The van der Waals surface area contributed by atoms with Crippen LogP contribution in [-0.4, -0.2) is 28.8 Å². The van der Waals surface area contributed by atoms with Crippen LogP contribution in [0.3, 0.4) is 0 Å². The standard InChI is InChI=1S/C17H19Cl2INO3P/c18-15-6-13(17(20)7-16(15)19)8-21-9-14(22)11-25(23,24)10-12-4-2-1-3-5-12/h1-7,14,21-22H,8-11H2,(H,23,24)/t14-/m1/s1. The Hall–Kier alpha value is -0.140. The molecule has 4 nitrogen and oxygen atoms in total. The minimum absolute atomic E-state index is 0.0651. The Morgan fingerprint density at radius 3 is 2.48 bits per heavy atom. The molecule has 0 aromatic heterocycles. The fourth-order valence-electron chi connectivity index (χ4n) is 2.40. The number of halogens is 3. The largest absolute Gasteiger partial charge is 0.391 e. The maximum Gasteiger partial charge on any atom is 0.207 e. The number of benzene rings is 2. The Balaban J connectivity index is 1.83. The zero-order valence-corrected chi connectivity index (χ0v) is 17.9. The van der Waals surface area contributed by atoms with Crippen LogP contribution in [-0.2, 0) is 17.3 Å². The third-order valence-corrected chi connectivity index (χ3v) is 7.13. The molecular weight excluding hydrogens is 495 g/mol. The van der Waals surface area contributed by atoms with Crippen LogP contribution >= 0.6 is 53.2 Å². The molecule has 2 aromatic carbocycles. The molecule has 2 aromatic rings. The summed E-state index contributed by atoms with van der Waals surface area (Å²) in [6.07, 6.45) is -0.983. The summed E-state index contributed by atoms with van der Waals surface area (Å²) in [6.45, 7) is 0.705. The van der Waals surface area contributed by atoms with E-state index >= 15 is 0 Å². The van der Waals surface area contributed by atoms with Gasteiger partial charge in [0.05, 0.1) is 22.3 Å². The zero-order chi connectivity index (χ0) is 18.4. The number of nitrogens with one attached hydrogen (secondary N) is 1. The normalized spacial score (nSPS) is 14.9. The lowest BCUT2D eigenvalue weighted by Gasteiger charge is -2.17.